The van der Waals surface area contributed by atoms with Crippen LogP contribution in [0.1, 0.15) is 113 Å². The maximum Gasteiger partial charge on any atom is 0.323 e. The van der Waals surface area contributed by atoms with E-state index in [0.29, 0.717) is 19.5 Å². The molecule has 0 spiro atoms. The predicted molar refractivity (Wildman–Crippen MR) is 207 cm³/mol. The summed E-state index contributed by atoms with van der Waals surface area (Å²) in [6, 6.07) is 24.3. The lowest BCUT2D eigenvalue weighted by Crippen LogP contribution is -2.61. The molecule has 3 N–H and O–H groups in total. The first-order valence-electron chi connectivity index (χ1n) is 20.2. The molecule has 0 radical (unpaired) electrons. The van der Waals surface area contributed by atoms with E-state index in [-0.39, 0.29) is 42.4 Å². The SMILES string of the molecule is CC(C)(C)OC(=O)[C@@H]1CCCN1C[C@@H]1C[C@H](c2ccc(CO)cc2)O[C@H](c2ccc(-c3cccc(CNC(=O)NC45CC6CC(CC(C6)C4)C5)c3)cc2)O1. The summed E-state index contributed by atoms with van der Waals surface area (Å²) in [5.74, 6) is 2.20. The predicted octanol–water partition coefficient (Wildman–Crippen LogP) is 7.97. The lowest BCUT2D eigenvalue weighted by atomic mass is 9.53. The Morgan fingerprint density at radius 2 is 1.54 bits per heavy atom. The summed E-state index contributed by atoms with van der Waals surface area (Å²) in [5.41, 5.74) is 5.47. The number of carbonyl (C=O) groups is 2. The third-order valence-electron chi connectivity index (χ3n) is 12.4. The molecule has 288 valence electrons. The normalized spacial score (nSPS) is 30.6. The van der Waals surface area contributed by atoms with Gasteiger partial charge in [0.2, 0.25) is 0 Å². The number of aliphatic hydroxyl groups is 1. The van der Waals surface area contributed by atoms with Gasteiger partial charge in [-0.1, -0.05) is 66.7 Å². The third kappa shape index (κ3) is 8.55. The Morgan fingerprint density at radius 3 is 2.20 bits per heavy atom. The minimum atomic E-state index is -0.592. The van der Waals surface area contributed by atoms with Crippen LogP contribution in [0.25, 0.3) is 11.1 Å². The molecule has 6 fully saturated rings. The number of likely N-dealkylation sites (tertiary alicyclic amines) is 1. The summed E-state index contributed by atoms with van der Waals surface area (Å²) in [5, 5.41) is 16.2. The van der Waals surface area contributed by atoms with Gasteiger partial charge in [-0.25, -0.2) is 4.79 Å². The number of nitrogens with one attached hydrogen (secondary N) is 2. The highest BCUT2D eigenvalue weighted by Gasteiger charge is 2.51. The quantitative estimate of drug-likeness (QED) is 0.181. The summed E-state index contributed by atoms with van der Waals surface area (Å²) in [6.45, 7) is 7.62. The van der Waals surface area contributed by atoms with E-state index in [1.165, 1.54) is 19.3 Å². The number of ether oxygens (including phenoxy) is 3. The van der Waals surface area contributed by atoms with Crippen LogP contribution in [0.2, 0.25) is 0 Å². The molecule has 0 unspecified atom stereocenters. The molecule has 3 aromatic rings. The summed E-state index contributed by atoms with van der Waals surface area (Å²) >= 11 is 0. The van der Waals surface area contributed by atoms with Crippen molar-refractivity contribution in [2.24, 2.45) is 17.8 Å². The number of aliphatic hydroxyl groups excluding tert-OH is 1. The van der Waals surface area contributed by atoms with Gasteiger partial charge in [0.1, 0.15) is 11.6 Å². The zero-order chi connectivity index (χ0) is 37.5. The molecule has 4 saturated carbocycles. The second kappa shape index (κ2) is 15.4. The monoisotopic (exact) mass is 735 g/mol. The highest BCUT2D eigenvalue weighted by atomic mass is 16.7. The molecule has 2 amide bonds. The fraction of sp³-hybridized carbons (Fsp3) is 0.556. The molecule has 2 saturated heterocycles. The second-order valence-corrected chi connectivity index (χ2v) is 17.9. The lowest BCUT2D eigenvalue weighted by Gasteiger charge is -2.56. The van der Waals surface area contributed by atoms with Crippen LogP contribution in [0.4, 0.5) is 4.79 Å². The van der Waals surface area contributed by atoms with E-state index in [4.69, 9.17) is 14.2 Å². The smallest absolute Gasteiger partial charge is 0.323 e. The number of nitrogens with zero attached hydrogens (tertiary/aromatic N) is 1. The molecule has 6 aliphatic rings. The number of urea groups is 1. The van der Waals surface area contributed by atoms with Gasteiger partial charge in [-0.15, -0.1) is 0 Å². The minimum Gasteiger partial charge on any atom is -0.459 e. The van der Waals surface area contributed by atoms with E-state index < -0.39 is 11.9 Å². The topological polar surface area (TPSA) is 109 Å². The van der Waals surface area contributed by atoms with Crippen molar-refractivity contribution in [2.45, 2.75) is 127 Å². The number of benzene rings is 3. The first-order valence-corrected chi connectivity index (χ1v) is 20.2. The summed E-state index contributed by atoms with van der Waals surface area (Å²) < 4.78 is 19.1. The Morgan fingerprint density at radius 1 is 0.852 bits per heavy atom. The molecule has 9 nitrogen and oxygen atoms in total. The first-order chi connectivity index (χ1) is 26.0. The van der Waals surface area contributed by atoms with Gasteiger partial charge in [-0.2, -0.15) is 0 Å². The van der Waals surface area contributed by atoms with Crippen LogP contribution >= 0.6 is 0 Å². The Balaban J connectivity index is 0.930. The average Bonchev–Trinajstić information content (AvgIpc) is 3.61. The molecule has 9 heteroatoms. The summed E-state index contributed by atoms with van der Waals surface area (Å²) in [7, 11) is 0. The van der Waals surface area contributed by atoms with Crippen molar-refractivity contribution in [3.05, 3.63) is 95.1 Å². The van der Waals surface area contributed by atoms with Crippen LogP contribution in [0, 0.1) is 17.8 Å². The molecule has 4 atom stereocenters. The van der Waals surface area contributed by atoms with Crippen LogP contribution in [0.15, 0.2) is 72.8 Å². The van der Waals surface area contributed by atoms with Gasteiger partial charge in [0.15, 0.2) is 6.29 Å². The molecular formula is C45H57N3O6. The van der Waals surface area contributed by atoms with E-state index in [2.05, 4.69) is 58.0 Å². The first kappa shape index (κ1) is 37.2. The van der Waals surface area contributed by atoms with Crippen molar-refractivity contribution in [3.63, 3.8) is 0 Å². The maximum absolute atomic E-state index is 13.1. The van der Waals surface area contributed by atoms with Crippen LogP contribution in [-0.4, -0.2) is 58.4 Å². The Hall–Kier alpha value is -3.76. The number of amides is 2. The van der Waals surface area contributed by atoms with Crippen molar-refractivity contribution in [1.29, 1.82) is 0 Å². The van der Waals surface area contributed by atoms with Crippen molar-refractivity contribution in [3.8, 4) is 11.1 Å². The molecule has 3 aromatic carbocycles. The Bertz CT molecular complexity index is 1750. The molecule has 4 bridgehead atoms. The molecule has 0 aromatic heterocycles. The van der Waals surface area contributed by atoms with Crippen LogP contribution in [0.3, 0.4) is 0 Å². The van der Waals surface area contributed by atoms with Gasteiger partial charge < -0.3 is 30.0 Å². The zero-order valence-corrected chi connectivity index (χ0v) is 32.1. The Labute approximate surface area is 320 Å². The number of esters is 1. The molecule has 54 heavy (non-hydrogen) atoms. The fourth-order valence-corrected chi connectivity index (χ4v) is 10.4. The number of hydrogen-bond acceptors (Lipinski definition) is 7. The fourth-order valence-electron chi connectivity index (χ4n) is 10.4. The van der Waals surface area contributed by atoms with E-state index >= 15 is 0 Å². The standard InChI is InChI=1S/C45H57N3O6/c1-44(2,3)54-41(50)39-8-5-17-48(39)27-38-22-40(35-11-9-29(28-49)10-12-35)53-42(52-38)36-15-13-34(14-16-36)37-7-4-6-30(21-37)26-46-43(51)47-45-23-31-18-32(24-45)20-33(19-31)25-45/h4,6-7,9-16,21,31-33,38-40,42,49H,5,8,17-20,22-28H2,1-3H3,(H2,46,47,51)/t31?,32?,33?,38-,39-,40+,42+,45?/m0/s1. The van der Waals surface area contributed by atoms with E-state index in [0.717, 1.165) is 89.8 Å². The number of rotatable bonds is 10. The lowest BCUT2D eigenvalue weighted by molar-refractivity contribution is -0.253. The zero-order valence-electron chi connectivity index (χ0n) is 32.1. The van der Waals surface area contributed by atoms with Crippen molar-refractivity contribution < 1.29 is 28.9 Å². The van der Waals surface area contributed by atoms with Crippen molar-refractivity contribution >= 4 is 12.0 Å². The summed E-state index contributed by atoms with van der Waals surface area (Å²) in [6.07, 6.45) is 8.88. The van der Waals surface area contributed by atoms with E-state index in [9.17, 15) is 14.7 Å². The molecule has 2 aliphatic heterocycles. The van der Waals surface area contributed by atoms with Gasteiger partial charge in [-0.3, -0.25) is 9.69 Å². The number of hydrogen-bond donors (Lipinski definition) is 3. The second-order valence-electron chi connectivity index (χ2n) is 17.9. The van der Waals surface area contributed by atoms with E-state index in [1.54, 1.807) is 0 Å². The molecular weight excluding hydrogens is 679 g/mol. The van der Waals surface area contributed by atoms with E-state index in [1.807, 2.05) is 51.1 Å². The minimum absolute atomic E-state index is 0.00451. The van der Waals surface area contributed by atoms with Crippen LogP contribution < -0.4 is 10.6 Å². The summed E-state index contributed by atoms with van der Waals surface area (Å²) in [4.78, 5) is 28.5. The number of carbonyl (C=O) groups excluding carboxylic acids is 2. The molecule has 2 heterocycles. The third-order valence-corrected chi connectivity index (χ3v) is 12.4. The van der Waals surface area contributed by atoms with Gasteiger partial charge in [0, 0.05) is 30.6 Å². The van der Waals surface area contributed by atoms with Crippen LogP contribution in [-0.2, 0) is 32.2 Å². The highest BCUT2D eigenvalue weighted by Crippen LogP contribution is 2.55. The van der Waals surface area contributed by atoms with Gasteiger partial charge in [-0.05, 0) is 130 Å². The molecule has 4 aliphatic carbocycles. The average molecular weight is 736 g/mol. The highest BCUT2D eigenvalue weighted by molar-refractivity contribution is 5.76. The van der Waals surface area contributed by atoms with Gasteiger partial charge in [0.25, 0.3) is 0 Å². The van der Waals surface area contributed by atoms with Crippen molar-refractivity contribution in [1.82, 2.24) is 15.5 Å². The van der Waals surface area contributed by atoms with Crippen LogP contribution in [0.5, 0.6) is 0 Å². The Kier molecular flexibility index (Phi) is 10.6. The van der Waals surface area contributed by atoms with Gasteiger partial charge in [0.05, 0.1) is 18.8 Å². The maximum atomic E-state index is 13.1. The largest absolute Gasteiger partial charge is 0.459 e. The van der Waals surface area contributed by atoms with Crippen molar-refractivity contribution in [2.75, 3.05) is 13.1 Å². The molecule has 9 rings (SSSR count). The van der Waals surface area contributed by atoms with Gasteiger partial charge >= 0.3 is 12.0 Å².